The van der Waals surface area contributed by atoms with Crippen LogP contribution in [0.2, 0.25) is 0 Å². The highest BCUT2D eigenvalue weighted by molar-refractivity contribution is 5.34. The van der Waals surface area contributed by atoms with Crippen LogP contribution in [0.5, 0.6) is 0 Å². The van der Waals surface area contributed by atoms with E-state index in [4.69, 9.17) is 0 Å². The molecule has 0 saturated carbocycles. The van der Waals surface area contributed by atoms with Crippen molar-refractivity contribution in [3.63, 3.8) is 0 Å². The zero-order valence-corrected chi connectivity index (χ0v) is 17.7. The Kier molecular flexibility index (Phi) is 7.67. The summed E-state index contributed by atoms with van der Waals surface area (Å²) in [4.78, 5) is 0. The van der Waals surface area contributed by atoms with Crippen molar-refractivity contribution in [1.82, 2.24) is 0 Å². The summed E-state index contributed by atoms with van der Waals surface area (Å²) < 4.78 is 199. The minimum absolute atomic E-state index is 0.0138. The van der Waals surface area contributed by atoms with E-state index in [1.807, 2.05) is 0 Å². The lowest BCUT2D eigenvalue weighted by molar-refractivity contribution is -0.453. The van der Waals surface area contributed by atoms with Crippen LogP contribution in [0.15, 0.2) is 24.3 Å². The van der Waals surface area contributed by atoms with Gasteiger partial charge in [0.15, 0.2) is 0 Å². The first-order valence-electron chi connectivity index (χ1n) is 9.22. The maximum Gasteiger partial charge on any atom is 0.460 e. The van der Waals surface area contributed by atoms with Crippen molar-refractivity contribution in [3.05, 3.63) is 35.4 Å². The van der Waals surface area contributed by atoms with Gasteiger partial charge in [-0.3, -0.25) is 0 Å². The minimum Gasteiger partial charge on any atom is -0.388 e. The Morgan fingerprint density at radius 2 is 0.971 bits per heavy atom. The molecule has 0 radical (unpaired) electrons. The standard InChI is InChI=1S/C19H17F15O/c1-12(2,3)10-7-5-4-6-9(10)11(35)8-13(20,21)14(22,23)15(24,25)16(26,27)17(28,29)18(30,31)19(32,33)34/h4-7,11,35H,8H2,1-3H3. The molecule has 0 amide bonds. The number of hydrogen-bond acceptors (Lipinski definition) is 1. The molecule has 0 aromatic heterocycles. The van der Waals surface area contributed by atoms with Crippen molar-refractivity contribution in [1.29, 1.82) is 0 Å². The summed E-state index contributed by atoms with van der Waals surface area (Å²) in [6.45, 7) is 4.30. The minimum atomic E-state index is -8.35. The summed E-state index contributed by atoms with van der Waals surface area (Å²) in [5.74, 6) is -47.0. The number of halogens is 15. The Bertz CT molecular complexity index is 896. The van der Waals surface area contributed by atoms with Gasteiger partial charge in [-0.25, -0.2) is 0 Å². The molecule has 0 heterocycles. The van der Waals surface area contributed by atoms with Crippen LogP contribution in [0.4, 0.5) is 65.9 Å². The van der Waals surface area contributed by atoms with Gasteiger partial charge in [-0.1, -0.05) is 45.0 Å². The molecule has 35 heavy (non-hydrogen) atoms. The SMILES string of the molecule is CC(C)(C)c1ccccc1C(O)CC(F)(F)C(F)(F)C(F)(F)C(F)(F)C(F)(F)C(F)(F)C(F)(F)F. The third-order valence-electron chi connectivity index (χ3n) is 4.97. The smallest absolute Gasteiger partial charge is 0.388 e. The molecule has 0 fully saturated rings. The molecule has 0 aliphatic heterocycles. The Hall–Kier alpha value is -1.87. The third-order valence-corrected chi connectivity index (χ3v) is 4.97. The summed E-state index contributed by atoms with van der Waals surface area (Å²) in [6.07, 6.45) is -13.3. The molecule has 16 heteroatoms. The van der Waals surface area contributed by atoms with Crippen LogP contribution >= 0.6 is 0 Å². The van der Waals surface area contributed by atoms with Crippen molar-refractivity contribution in [2.45, 2.75) is 80.4 Å². The maximum atomic E-state index is 14.1. The molecule has 1 unspecified atom stereocenters. The van der Waals surface area contributed by atoms with E-state index in [9.17, 15) is 71.0 Å². The number of hydrogen-bond donors (Lipinski definition) is 1. The fourth-order valence-electron chi connectivity index (χ4n) is 2.95. The van der Waals surface area contributed by atoms with Crippen LogP contribution in [0, 0.1) is 0 Å². The van der Waals surface area contributed by atoms with Gasteiger partial charge in [0.25, 0.3) is 0 Å². The number of aliphatic hydroxyl groups excluding tert-OH is 1. The van der Waals surface area contributed by atoms with E-state index in [0.717, 1.165) is 12.1 Å². The molecule has 1 rings (SSSR count). The van der Waals surface area contributed by atoms with Crippen molar-refractivity contribution in [2.75, 3.05) is 0 Å². The molecular formula is C19H17F15O. The molecule has 1 nitrogen and oxygen atoms in total. The second-order valence-electron chi connectivity index (χ2n) is 8.63. The predicted octanol–water partition coefficient (Wildman–Crippen LogP) is 7.78. The zero-order valence-electron chi connectivity index (χ0n) is 17.7. The van der Waals surface area contributed by atoms with E-state index in [1.165, 1.54) is 32.9 Å². The molecule has 0 aliphatic carbocycles. The summed E-state index contributed by atoms with van der Waals surface area (Å²) in [5.41, 5.74) is -1.59. The number of aliphatic hydroxyl groups is 1. The zero-order chi connectivity index (χ0) is 28.3. The molecule has 204 valence electrons. The van der Waals surface area contributed by atoms with Crippen LogP contribution in [-0.4, -0.2) is 46.8 Å². The second kappa shape index (κ2) is 8.61. The van der Waals surface area contributed by atoms with E-state index in [0.29, 0.717) is 0 Å². The van der Waals surface area contributed by atoms with Gasteiger partial charge in [-0.15, -0.1) is 0 Å². The molecule has 0 bridgehead atoms. The van der Waals surface area contributed by atoms with Crippen LogP contribution in [0.25, 0.3) is 0 Å². The summed E-state index contributed by atoms with van der Waals surface area (Å²) >= 11 is 0. The fraction of sp³-hybridized carbons (Fsp3) is 0.684. The Morgan fingerprint density at radius 1 is 0.600 bits per heavy atom. The van der Waals surface area contributed by atoms with Gasteiger partial charge < -0.3 is 5.11 Å². The first-order valence-corrected chi connectivity index (χ1v) is 9.22. The van der Waals surface area contributed by atoms with E-state index >= 15 is 0 Å². The quantitative estimate of drug-likeness (QED) is 0.330. The Morgan fingerprint density at radius 3 is 1.37 bits per heavy atom. The topological polar surface area (TPSA) is 20.2 Å². The molecule has 0 saturated heterocycles. The van der Waals surface area contributed by atoms with E-state index in [2.05, 4.69) is 0 Å². The van der Waals surface area contributed by atoms with Crippen LogP contribution in [0.1, 0.15) is 44.4 Å². The lowest BCUT2D eigenvalue weighted by atomic mass is 9.81. The molecule has 0 spiro atoms. The van der Waals surface area contributed by atoms with Gasteiger partial charge in [0.2, 0.25) is 0 Å². The molecule has 1 aromatic rings. The van der Waals surface area contributed by atoms with Gasteiger partial charge in [0, 0.05) is 6.42 Å². The third kappa shape index (κ3) is 4.78. The van der Waals surface area contributed by atoms with E-state index in [-0.39, 0.29) is 5.56 Å². The normalized spacial score (nSPS) is 16.4. The lowest BCUT2D eigenvalue weighted by Gasteiger charge is -2.41. The second-order valence-corrected chi connectivity index (χ2v) is 8.63. The van der Waals surface area contributed by atoms with Gasteiger partial charge in [-0.2, -0.15) is 65.9 Å². The highest BCUT2D eigenvalue weighted by Gasteiger charge is 2.93. The number of rotatable bonds is 8. The maximum absolute atomic E-state index is 14.1. The largest absolute Gasteiger partial charge is 0.460 e. The highest BCUT2D eigenvalue weighted by atomic mass is 19.4. The lowest BCUT2D eigenvalue weighted by Crippen LogP contribution is -2.72. The van der Waals surface area contributed by atoms with E-state index < -0.39 is 65.2 Å². The first-order chi connectivity index (χ1) is 15.1. The molecular weight excluding hydrogens is 529 g/mol. The fourth-order valence-corrected chi connectivity index (χ4v) is 2.95. The number of benzene rings is 1. The van der Waals surface area contributed by atoms with Crippen LogP contribution in [-0.2, 0) is 5.41 Å². The summed E-state index contributed by atoms with van der Waals surface area (Å²) in [7, 11) is 0. The van der Waals surface area contributed by atoms with Crippen molar-refractivity contribution in [3.8, 4) is 0 Å². The van der Waals surface area contributed by atoms with E-state index in [1.54, 1.807) is 0 Å². The van der Waals surface area contributed by atoms with Gasteiger partial charge in [0.1, 0.15) is 0 Å². The molecule has 1 N–H and O–H groups in total. The highest BCUT2D eigenvalue weighted by Crippen LogP contribution is 2.63. The summed E-state index contributed by atoms with van der Waals surface area (Å²) in [5, 5.41) is 9.97. The first kappa shape index (κ1) is 31.2. The van der Waals surface area contributed by atoms with Crippen molar-refractivity contribution >= 4 is 0 Å². The van der Waals surface area contributed by atoms with Gasteiger partial charge in [-0.05, 0) is 16.5 Å². The summed E-state index contributed by atoms with van der Waals surface area (Å²) in [6, 6.07) is 4.43. The van der Waals surface area contributed by atoms with Gasteiger partial charge in [0.05, 0.1) is 6.10 Å². The average Bonchev–Trinajstić information content (AvgIpc) is 2.65. The molecule has 0 aliphatic rings. The molecule has 1 atom stereocenters. The average molecular weight is 546 g/mol. The van der Waals surface area contributed by atoms with Gasteiger partial charge >= 0.3 is 41.7 Å². The van der Waals surface area contributed by atoms with Crippen LogP contribution in [0.3, 0.4) is 0 Å². The Balaban J connectivity index is 3.53. The number of alkyl halides is 15. The Labute approximate surface area is 187 Å². The van der Waals surface area contributed by atoms with Crippen LogP contribution < -0.4 is 0 Å². The van der Waals surface area contributed by atoms with Crippen molar-refractivity contribution < 1.29 is 71.0 Å². The van der Waals surface area contributed by atoms with Crippen molar-refractivity contribution in [2.24, 2.45) is 0 Å². The monoisotopic (exact) mass is 546 g/mol. The molecule has 1 aromatic carbocycles. The predicted molar refractivity (Wildman–Crippen MR) is 90.5 cm³/mol.